The van der Waals surface area contributed by atoms with Crippen LogP contribution < -0.4 is 4.90 Å². The van der Waals surface area contributed by atoms with E-state index in [2.05, 4.69) is 230 Å². The van der Waals surface area contributed by atoms with Gasteiger partial charge < -0.3 is 9.32 Å². The Bertz CT molecular complexity index is 3680. The van der Waals surface area contributed by atoms with Crippen LogP contribution in [0.5, 0.6) is 0 Å². The van der Waals surface area contributed by atoms with Crippen molar-refractivity contribution in [2.75, 3.05) is 4.90 Å². The second kappa shape index (κ2) is 16.4. The molecule has 0 radical (unpaired) electrons. The van der Waals surface area contributed by atoms with Gasteiger partial charge in [0.2, 0.25) is 0 Å². The lowest BCUT2D eigenvalue weighted by molar-refractivity contribution is 0.445. The fourth-order valence-electron chi connectivity index (χ4n) is 12.0. The molecule has 0 aliphatic heterocycles. The number of fused-ring (bicyclic) bond motifs is 7. The summed E-state index contributed by atoms with van der Waals surface area (Å²) in [7, 11) is 0. The monoisotopic (exact) mass is 873 g/mol. The molecule has 10 aromatic carbocycles. The Hall–Kier alpha value is -7.94. The quantitative estimate of drug-likeness (QED) is 0.151. The molecule has 0 N–H and O–H groups in total. The number of hydrogen-bond acceptors (Lipinski definition) is 2. The summed E-state index contributed by atoms with van der Waals surface area (Å²) in [4.78, 5) is 2.47. The topological polar surface area (TPSA) is 16.4 Å². The van der Waals surface area contributed by atoms with Crippen LogP contribution in [-0.2, 0) is 5.41 Å². The normalized spacial score (nSPS) is 15.7. The molecular formula is C66H51NO. The Kier molecular flexibility index (Phi) is 9.75. The Labute approximate surface area is 398 Å². The van der Waals surface area contributed by atoms with Crippen LogP contribution in [0.15, 0.2) is 229 Å². The largest absolute Gasteiger partial charge is 0.455 e. The lowest BCUT2D eigenvalue weighted by atomic mass is 9.74. The average molecular weight is 874 g/mol. The van der Waals surface area contributed by atoms with E-state index in [-0.39, 0.29) is 5.41 Å². The molecule has 13 rings (SSSR count). The molecule has 1 aromatic heterocycles. The Balaban J connectivity index is 0.971. The molecule has 2 heteroatoms. The first-order chi connectivity index (χ1) is 33.6. The summed E-state index contributed by atoms with van der Waals surface area (Å²) in [6.07, 6.45) is 6.44. The van der Waals surface area contributed by atoms with Gasteiger partial charge in [-0.05, 0) is 135 Å². The van der Waals surface area contributed by atoms with Gasteiger partial charge in [-0.1, -0.05) is 201 Å². The Morgan fingerprint density at radius 1 is 0.441 bits per heavy atom. The summed E-state index contributed by atoms with van der Waals surface area (Å²) in [6, 6.07) is 83.1. The third-order valence-electron chi connectivity index (χ3n) is 15.4. The highest BCUT2D eigenvalue weighted by molar-refractivity contribution is 6.10. The van der Waals surface area contributed by atoms with E-state index in [1.54, 1.807) is 0 Å². The molecule has 0 saturated heterocycles. The molecule has 2 aliphatic rings. The third kappa shape index (κ3) is 6.54. The average Bonchev–Trinajstić information content (AvgIpc) is 3.92. The van der Waals surface area contributed by atoms with Crippen molar-refractivity contribution in [3.05, 3.63) is 247 Å². The zero-order chi connectivity index (χ0) is 45.2. The van der Waals surface area contributed by atoms with Crippen LogP contribution >= 0.6 is 0 Å². The van der Waals surface area contributed by atoms with Crippen LogP contribution in [0.1, 0.15) is 67.2 Å². The van der Waals surface area contributed by atoms with Gasteiger partial charge in [0.1, 0.15) is 11.2 Å². The molecule has 2 nitrogen and oxygen atoms in total. The van der Waals surface area contributed by atoms with E-state index in [0.29, 0.717) is 5.92 Å². The van der Waals surface area contributed by atoms with Gasteiger partial charge in [0.25, 0.3) is 0 Å². The zero-order valence-corrected chi connectivity index (χ0v) is 38.3. The minimum atomic E-state index is -0.264. The highest BCUT2D eigenvalue weighted by atomic mass is 16.3. The second-order valence-corrected chi connectivity index (χ2v) is 19.1. The highest BCUT2D eigenvalue weighted by Gasteiger charge is 2.40. The highest BCUT2D eigenvalue weighted by Crippen LogP contribution is 2.53. The van der Waals surface area contributed by atoms with Crippen molar-refractivity contribution in [3.63, 3.8) is 0 Å². The van der Waals surface area contributed by atoms with Gasteiger partial charge in [0, 0.05) is 38.7 Å². The van der Waals surface area contributed by atoms with Crippen molar-refractivity contribution in [3.8, 4) is 44.5 Å². The predicted octanol–water partition coefficient (Wildman–Crippen LogP) is 18.6. The number of furan rings is 1. The van der Waals surface area contributed by atoms with Crippen LogP contribution in [0, 0.1) is 0 Å². The molecule has 1 atom stereocenters. The van der Waals surface area contributed by atoms with Gasteiger partial charge in [0.05, 0.1) is 5.69 Å². The summed E-state index contributed by atoms with van der Waals surface area (Å²) in [5, 5.41) is 4.95. The van der Waals surface area contributed by atoms with Crippen molar-refractivity contribution < 1.29 is 4.42 Å². The van der Waals surface area contributed by atoms with E-state index in [9.17, 15) is 0 Å². The fraction of sp³-hybridized carbons (Fsp3) is 0.121. The van der Waals surface area contributed by atoms with Crippen molar-refractivity contribution in [1.82, 2.24) is 0 Å². The van der Waals surface area contributed by atoms with E-state index in [4.69, 9.17) is 4.42 Å². The van der Waals surface area contributed by atoms with Gasteiger partial charge in [-0.25, -0.2) is 0 Å². The predicted molar refractivity (Wildman–Crippen MR) is 285 cm³/mol. The van der Waals surface area contributed by atoms with Crippen molar-refractivity contribution in [1.29, 1.82) is 0 Å². The number of para-hydroxylation sites is 3. The molecule has 1 saturated carbocycles. The number of nitrogens with zero attached hydrogens (tertiary/aromatic N) is 1. The Morgan fingerprint density at radius 2 is 1.10 bits per heavy atom. The minimum Gasteiger partial charge on any atom is -0.455 e. The van der Waals surface area contributed by atoms with Crippen LogP contribution in [0.4, 0.5) is 17.1 Å². The smallest absolute Gasteiger partial charge is 0.143 e. The third-order valence-corrected chi connectivity index (χ3v) is 15.4. The van der Waals surface area contributed by atoms with Gasteiger partial charge in [0.15, 0.2) is 0 Å². The summed E-state index contributed by atoms with van der Waals surface area (Å²) >= 11 is 0. The Morgan fingerprint density at radius 3 is 1.97 bits per heavy atom. The lowest BCUT2D eigenvalue weighted by Crippen LogP contribution is -2.22. The molecule has 2 aliphatic carbocycles. The van der Waals surface area contributed by atoms with Crippen molar-refractivity contribution in [2.45, 2.75) is 50.4 Å². The number of rotatable bonds is 8. The lowest BCUT2D eigenvalue weighted by Gasteiger charge is -2.30. The maximum atomic E-state index is 6.61. The molecule has 68 heavy (non-hydrogen) atoms. The van der Waals surface area contributed by atoms with Crippen LogP contribution in [0.25, 0.3) is 77.2 Å². The molecule has 1 fully saturated rings. The van der Waals surface area contributed by atoms with Gasteiger partial charge in [-0.2, -0.15) is 0 Å². The molecule has 1 unspecified atom stereocenters. The van der Waals surface area contributed by atoms with E-state index >= 15 is 0 Å². The SMILES string of the molecule is CC1(c2ccccc2)c2ccccc2-c2ccc(-c3ccc(N(c4cccc(-c5cccc6c5oc5ccccc56)c4)c4ccccc4-c4cccc5cccc(C6CCCCC6)c45)cc3)cc21. The summed E-state index contributed by atoms with van der Waals surface area (Å²) < 4.78 is 6.61. The zero-order valence-electron chi connectivity index (χ0n) is 38.3. The first kappa shape index (κ1) is 40.3. The van der Waals surface area contributed by atoms with Crippen LogP contribution in [0.3, 0.4) is 0 Å². The fourth-order valence-corrected chi connectivity index (χ4v) is 12.0. The van der Waals surface area contributed by atoms with Gasteiger partial charge in [-0.15, -0.1) is 0 Å². The molecule has 0 spiro atoms. The summed E-state index contributed by atoms with van der Waals surface area (Å²) in [5.74, 6) is 0.570. The molecule has 0 amide bonds. The molecule has 11 aromatic rings. The van der Waals surface area contributed by atoms with E-state index in [0.717, 1.165) is 50.1 Å². The number of anilines is 3. The maximum absolute atomic E-state index is 6.61. The first-order valence-electron chi connectivity index (χ1n) is 24.4. The van der Waals surface area contributed by atoms with Crippen LogP contribution in [-0.4, -0.2) is 0 Å². The van der Waals surface area contributed by atoms with E-state index < -0.39 is 0 Å². The van der Waals surface area contributed by atoms with Crippen LogP contribution in [0.2, 0.25) is 0 Å². The number of benzene rings is 10. The molecular weight excluding hydrogens is 823 g/mol. The number of hydrogen-bond donors (Lipinski definition) is 0. The maximum Gasteiger partial charge on any atom is 0.143 e. The molecule has 1 heterocycles. The van der Waals surface area contributed by atoms with Gasteiger partial charge in [-0.3, -0.25) is 0 Å². The minimum absolute atomic E-state index is 0.264. The first-order valence-corrected chi connectivity index (χ1v) is 24.4. The summed E-state index contributed by atoms with van der Waals surface area (Å²) in [5.41, 5.74) is 20.1. The van der Waals surface area contributed by atoms with Crippen molar-refractivity contribution in [2.24, 2.45) is 0 Å². The molecule has 326 valence electrons. The standard InChI is InChI=1S/C66H51NO/c1-66(49-23-6-3-7-24-49)60-33-11-8-26-54(60)55-41-38-47(43-61(55)66)44-36-39-50(40-37-44)67(51-25-14-22-48(42-51)53-30-17-32-59-57-28-10-13-35-63(57)68-65(53)59)62-34-12-9-27-56(62)58-31-16-21-46-20-15-29-52(64(46)58)45-18-4-2-5-19-45/h3,6-17,20-43,45H,2,4-5,18-19H2,1H3. The van der Waals surface area contributed by atoms with E-state index in [1.807, 2.05) is 6.07 Å². The van der Waals surface area contributed by atoms with Crippen molar-refractivity contribution >= 4 is 49.8 Å². The van der Waals surface area contributed by atoms with E-state index in [1.165, 1.54) is 98.5 Å². The van der Waals surface area contributed by atoms with Gasteiger partial charge >= 0.3 is 0 Å². The molecule has 0 bridgehead atoms. The second-order valence-electron chi connectivity index (χ2n) is 19.1. The summed E-state index contributed by atoms with van der Waals surface area (Å²) in [6.45, 7) is 2.39.